The van der Waals surface area contributed by atoms with Gasteiger partial charge in [-0.05, 0) is 20.8 Å². The number of nitrogens with zero attached hydrogens (tertiary/aromatic N) is 2. The van der Waals surface area contributed by atoms with Gasteiger partial charge in [-0.2, -0.15) is 5.10 Å². The number of aryl methyl sites for hydroxylation is 1. The van der Waals surface area contributed by atoms with Crippen LogP contribution >= 0.6 is 11.6 Å². The molecule has 0 aromatic carbocycles. The van der Waals surface area contributed by atoms with E-state index >= 15 is 0 Å². The van der Waals surface area contributed by atoms with E-state index in [4.69, 9.17) is 22.2 Å². The molecule has 0 aliphatic carbocycles. The third-order valence-electron chi connectivity index (χ3n) is 2.26. The number of aromatic nitrogens is 2. The second kappa shape index (κ2) is 6.20. The van der Waals surface area contributed by atoms with Crippen molar-refractivity contribution in [3.05, 3.63) is 16.9 Å². The second-order valence-corrected chi connectivity index (χ2v) is 4.20. The Bertz CT molecular complexity index is 327. The van der Waals surface area contributed by atoms with Crippen LogP contribution < -0.4 is 11.3 Å². The van der Waals surface area contributed by atoms with Crippen LogP contribution in [0.4, 0.5) is 0 Å². The molecule has 0 bridgehead atoms. The molecule has 0 radical (unpaired) electrons. The lowest BCUT2D eigenvalue weighted by molar-refractivity contribution is 0.0594. The first kappa shape index (κ1) is 13.4. The monoisotopic (exact) mass is 246 g/mol. The SMILES string of the molecule is CCn1ncc(Cl)c1C(COC(C)C)NN. The number of hydrazine groups is 1. The Labute approximate surface area is 101 Å². The minimum absolute atomic E-state index is 0.141. The summed E-state index contributed by atoms with van der Waals surface area (Å²) in [6.45, 7) is 7.18. The number of rotatable bonds is 6. The van der Waals surface area contributed by atoms with E-state index in [9.17, 15) is 0 Å². The van der Waals surface area contributed by atoms with E-state index in [1.54, 1.807) is 6.20 Å². The molecular formula is C10H19ClN4O. The van der Waals surface area contributed by atoms with E-state index in [0.717, 1.165) is 12.2 Å². The van der Waals surface area contributed by atoms with Gasteiger partial charge in [-0.3, -0.25) is 10.5 Å². The van der Waals surface area contributed by atoms with Crippen molar-refractivity contribution in [1.29, 1.82) is 0 Å². The van der Waals surface area contributed by atoms with Crippen molar-refractivity contribution >= 4 is 11.6 Å². The quantitative estimate of drug-likeness (QED) is 0.590. The van der Waals surface area contributed by atoms with Gasteiger partial charge in [0, 0.05) is 6.54 Å². The zero-order valence-corrected chi connectivity index (χ0v) is 10.7. The smallest absolute Gasteiger partial charge is 0.0877 e. The van der Waals surface area contributed by atoms with Crippen molar-refractivity contribution < 1.29 is 4.74 Å². The van der Waals surface area contributed by atoms with Crippen LogP contribution in [0.2, 0.25) is 5.02 Å². The summed E-state index contributed by atoms with van der Waals surface area (Å²) < 4.78 is 7.35. The molecule has 1 heterocycles. The molecule has 92 valence electrons. The van der Waals surface area contributed by atoms with Gasteiger partial charge in [-0.1, -0.05) is 11.6 Å². The second-order valence-electron chi connectivity index (χ2n) is 3.79. The zero-order valence-electron chi connectivity index (χ0n) is 9.90. The predicted octanol–water partition coefficient (Wildman–Crippen LogP) is 1.49. The summed E-state index contributed by atoms with van der Waals surface area (Å²) in [6, 6.07) is -0.141. The molecule has 0 spiro atoms. The Morgan fingerprint density at radius 1 is 1.62 bits per heavy atom. The predicted molar refractivity (Wildman–Crippen MR) is 64.1 cm³/mol. The van der Waals surface area contributed by atoms with Gasteiger partial charge in [0.25, 0.3) is 0 Å². The van der Waals surface area contributed by atoms with Crippen LogP contribution in [0.15, 0.2) is 6.20 Å². The van der Waals surface area contributed by atoms with Gasteiger partial charge in [-0.25, -0.2) is 5.43 Å². The Morgan fingerprint density at radius 2 is 2.31 bits per heavy atom. The first-order valence-electron chi connectivity index (χ1n) is 5.39. The fraction of sp³-hybridized carbons (Fsp3) is 0.700. The van der Waals surface area contributed by atoms with Crippen molar-refractivity contribution in [2.45, 2.75) is 39.5 Å². The first-order chi connectivity index (χ1) is 7.60. The minimum Gasteiger partial charge on any atom is -0.377 e. The molecule has 1 atom stereocenters. The maximum atomic E-state index is 6.08. The van der Waals surface area contributed by atoms with Crippen LogP contribution in [-0.4, -0.2) is 22.5 Å². The van der Waals surface area contributed by atoms with Crippen LogP contribution in [0.1, 0.15) is 32.5 Å². The summed E-state index contributed by atoms with van der Waals surface area (Å²) in [5.41, 5.74) is 3.57. The van der Waals surface area contributed by atoms with Gasteiger partial charge < -0.3 is 4.74 Å². The van der Waals surface area contributed by atoms with Gasteiger partial charge in [0.2, 0.25) is 0 Å². The highest BCUT2D eigenvalue weighted by Gasteiger charge is 2.19. The van der Waals surface area contributed by atoms with Gasteiger partial charge in [0.1, 0.15) is 0 Å². The largest absolute Gasteiger partial charge is 0.377 e. The van der Waals surface area contributed by atoms with Gasteiger partial charge in [0.05, 0.1) is 35.7 Å². The summed E-state index contributed by atoms with van der Waals surface area (Å²) >= 11 is 6.08. The summed E-state index contributed by atoms with van der Waals surface area (Å²) in [6.07, 6.45) is 1.78. The van der Waals surface area contributed by atoms with Gasteiger partial charge in [0.15, 0.2) is 0 Å². The molecule has 0 fully saturated rings. The number of halogens is 1. The maximum Gasteiger partial charge on any atom is 0.0877 e. The molecule has 1 aromatic heterocycles. The fourth-order valence-corrected chi connectivity index (χ4v) is 1.74. The maximum absolute atomic E-state index is 6.08. The van der Waals surface area contributed by atoms with Crippen LogP contribution in [-0.2, 0) is 11.3 Å². The van der Waals surface area contributed by atoms with E-state index in [1.807, 2.05) is 25.5 Å². The Hall–Kier alpha value is -0.620. The van der Waals surface area contributed by atoms with Crippen LogP contribution in [0.25, 0.3) is 0 Å². The Balaban J connectivity index is 2.81. The van der Waals surface area contributed by atoms with Crippen LogP contribution in [0.3, 0.4) is 0 Å². The topological polar surface area (TPSA) is 65.1 Å². The summed E-state index contributed by atoms with van der Waals surface area (Å²) in [5.74, 6) is 5.51. The van der Waals surface area contributed by atoms with E-state index in [-0.39, 0.29) is 12.1 Å². The average Bonchev–Trinajstić information content (AvgIpc) is 2.61. The van der Waals surface area contributed by atoms with E-state index in [0.29, 0.717) is 11.6 Å². The molecule has 0 aliphatic rings. The molecule has 0 saturated heterocycles. The highest BCUT2D eigenvalue weighted by Crippen LogP contribution is 2.22. The van der Waals surface area contributed by atoms with E-state index < -0.39 is 0 Å². The lowest BCUT2D eigenvalue weighted by atomic mass is 10.2. The molecule has 6 heteroatoms. The van der Waals surface area contributed by atoms with Crippen molar-refractivity contribution in [2.75, 3.05) is 6.61 Å². The van der Waals surface area contributed by atoms with E-state index in [1.165, 1.54) is 0 Å². The number of hydrogen-bond donors (Lipinski definition) is 2. The lowest BCUT2D eigenvalue weighted by Crippen LogP contribution is -2.34. The molecule has 1 rings (SSSR count). The van der Waals surface area contributed by atoms with Crippen LogP contribution in [0.5, 0.6) is 0 Å². The van der Waals surface area contributed by atoms with Gasteiger partial charge >= 0.3 is 0 Å². The molecule has 16 heavy (non-hydrogen) atoms. The third kappa shape index (κ3) is 3.18. The Morgan fingerprint density at radius 3 is 2.81 bits per heavy atom. The first-order valence-corrected chi connectivity index (χ1v) is 5.76. The number of nitrogens with two attached hydrogens (primary N) is 1. The van der Waals surface area contributed by atoms with Crippen molar-refractivity contribution in [3.8, 4) is 0 Å². The third-order valence-corrected chi connectivity index (χ3v) is 2.55. The summed E-state index contributed by atoms with van der Waals surface area (Å²) in [4.78, 5) is 0. The molecule has 0 saturated carbocycles. The highest BCUT2D eigenvalue weighted by molar-refractivity contribution is 6.31. The Kier molecular flexibility index (Phi) is 5.21. The van der Waals surface area contributed by atoms with Crippen molar-refractivity contribution in [1.82, 2.24) is 15.2 Å². The normalized spacial score (nSPS) is 13.4. The van der Waals surface area contributed by atoms with Crippen molar-refractivity contribution in [2.24, 2.45) is 5.84 Å². The van der Waals surface area contributed by atoms with Gasteiger partial charge in [-0.15, -0.1) is 0 Å². The number of hydrogen-bond acceptors (Lipinski definition) is 4. The zero-order chi connectivity index (χ0) is 12.1. The summed E-state index contributed by atoms with van der Waals surface area (Å²) in [7, 11) is 0. The van der Waals surface area contributed by atoms with Crippen molar-refractivity contribution in [3.63, 3.8) is 0 Å². The van der Waals surface area contributed by atoms with Crippen LogP contribution in [0, 0.1) is 0 Å². The molecule has 0 amide bonds. The minimum atomic E-state index is -0.141. The molecule has 3 N–H and O–H groups in total. The molecule has 5 nitrogen and oxygen atoms in total. The van der Waals surface area contributed by atoms with E-state index in [2.05, 4.69) is 10.5 Å². The molecule has 0 aliphatic heterocycles. The fourth-order valence-electron chi connectivity index (χ4n) is 1.46. The molecule has 1 aromatic rings. The molecule has 1 unspecified atom stereocenters. The summed E-state index contributed by atoms with van der Waals surface area (Å²) in [5, 5.41) is 4.77. The highest BCUT2D eigenvalue weighted by atomic mass is 35.5. The average molecular weight is 247 g/mol. The number of nitrogens with one attached hydrogen (secondary N) is 1. The molecular weight excluding hydrogens is 228 g/mol. The lowest BCUT2D eigenvalue weighted by Gasteiger charge is -2.19. The standard InChI is InChI=1S/C10H19ClN4O/c1-4-15-10(8(11)5-13-15)9(14-12)6-16-7(2)3/h5,7,9,14H,4,6,12H2,1-3H3. The number of ether oxygens (including phenoxy) is 1.